The van der Waals surface area contributed by atoms with Gasteiger partial charge in [-0.25, -0.2) is 4.98 Å². The van der Waals surface area contributed by atoms with Gasteiger partial charge < -0.3 is 14.1 Å². The van der Waals surface area contributed by atoms with Crippen molar-refractivity contribution in [3.05, 3.63) is 76.1 Å². The van der Waals surface area contributed by atoms with Crippen molar-refractivity contribution in [1.29, 1.82) is 0 Å². The van der Waals surface area contributed by atoms with Crippen LogP contribution >= 0.6 is 11.3 Å². The third-order valence-corrected chi connectivity index (χ3v) is 5.80. The summed E-state index contributed by atoms with van der Waals surface area (Å²) in [4.78, 5) is 21.2. The number of carbonyl (C=O) groups excluding carboxylic acids is 1. The Hall–Kier alpha value is -2.90. The lowest BCUT2D eigenvalue weighted by atomic mass is 10.2. The van der Waals surface area contributed by atoms with Crippen LogP contribution in [0, 0.1) is 6.92 Å². The quantitative estimate of drug-likeness (QED) is 0.538. The van der Waals surface area contributed by atoms with Gasteiger partial charge in [-0.2, -0.15) is 0 Å². The summed E-state index contributed by atoms with van der Waals surface area (Å²) in [5.74, 6) is 1.76. The number of piperazine rings is 1. The first kappa shape index (κ1) is 20.4. The number of thiazole rings is 1. The number of hydrogen-bond acceptors (Lipinski definition) is 6. The highest BCUT2D eigenvalue weighted by Crippen LogP contribution is 2.17. The highest BCUT2D eigenvalue weighted by molar-refractivity contribution is 7.09. The number of hydrogen-bond donors (Lipinski definition) is 0. The number of nitrogens with zero attached hydrogens (tertiary/aromatic N) is 3. The van der Waals surface area contributed by atoms with E-state index in [2.05, 4.69) is 9.88 Å². The second-order valence-electron chi connectivity index (χ2n) is 7.23. The number of amides is 1. The summed E-state index contributed by atoms with van der Waals surface area (Å²) in [7, 11) is 0. The third-order valence-electron chi connectivity index (χ3n) is 4.97. The van der Waals surface area contributed by atoms with Crippen LogP contribution in [0.25, 0.3) is 6.08 Å². The SMILES string of the molecule is Cc1nc(COc2cccc(/C=C/C(=O)N3CCN(Cc4ccco4)CC3)c2)cs1. The van der Waals surface area contributed by atoms with Crippen molar-refractivity contribution < 1.29 is 13.9 Å². The van der Waals surface area contributed by atoms with Crippen molar-refractivity contribution in [2.75, 3.05) is 26.2 Å². The van der Waals surface area contributed by atoms with Gasteiger partial charge in [0.15, 0.2) is 0 Å². The Labute approximate surface area is 180 Å². The molecule has 0 aliphatic carbocycles. The number of benzene rings is 1. The largest absolute Gasteiger partial charge is 0.487 e. The summed E-state index contributed by atoms with van der Waals surface area (Å²) in [5, 5.41) is 3.04. The fourth-order valence-corrected chi connectivity index (χ4v) is 3.96. The molecule has 0 saturated carbocycles. The predicted molar refractivity (Wildman–Crippen MR) is 117 cm³/mol. The molecular formula is C23H25N3O3S. The maximum absolute atomic E-state index is 12.6. The zero-order valence-electron chi connectivity index (χ0n) is 17.0. The molecule has 1 saturated heterocycles. The average Bonchev–Trinajstić information content (AvgIpc) is 3.43. The second kappa shape index (κ2) is 9.73. The van der Waals surface area contributed by atoms with E-state index in [0.29, 0.717) is 6.61 Å². The van der Waals surface area contributed by atoms with E-state index in [0.717, 1.165) is 60.5 Å². The van der Waals surface area contributed by atoms with Gasteiger partial charge in [-0.1, -0.05) is 12.1 Å². The van der Waals surface area contributed by atoms with Gasteiger partial charge in [-0.05, 0) is 42.8 Å². The lowest BCUT2D eigenvalue weighted by Crippen LogP contribution is -2.47. The summed E-state index contributed by atoms with van der Waals surface area (Å²) in [6.07, 6.45) is 5.18. The molecule has 0 spiro atoms. The van der Waals surface area contributed by atoms with Crippen LogP contribution in [0.3, 0.4) is 0 Å². The monoisotopic (exact) mass is 423 g/mol. The number of furan rings is 1. The maximum atomic E-state index is 12.6. The molecule has 3 heterocycles. The van der Waals surface area contributed by atoms with E-state index in [4.69, 9.17) is 9.15 Å². The van der Waals surface area contributed by atoms with E-state index in [1.165, 1.54) is 0 Å². The third kappa shape index (κ3) is 5.58. The molecule has 0 unspecified atom stereocenters. The number of aryl methyl sites for hydroxylation is 1. The van der Waals surface area contributed by atoms with Gasteiger partial charge in [-0.3, -0.25) is 9.69 Å². The van der Waals surface area contributed by atoms with Crippen LogP contribution in [-0.2, 0) is 17.9 Å². The summed E-state index contributed by atoms with van der Waals surface area (Å²) in [6, 6.07) is 11.6. The van der Waals surface area contributed by atoms with Gasteiger partial charge in [0.25, 0.3) is 0 Å². The maximum Gasteiger partial charge on any atom is 0.246 e. The van der Waals surface area contributed by atoms with E-state index in [-0.39, 0.29) is 5.91 Å². The molecule has 30 heavy (non-hydrogen) atoms. The van der Waals surface area contributed by atoms with Gasteiger partial charge in [-0.15, -0.1) is 11.3 Å². The summed E-state index contributed by atoms with van der Waals surface area (Å²) in [6.45, 7) is 6.35. The highest BCUT2D eigenvalue weighted by Gasteiger charge is 2.20. The molecule has 1 aliphatic heterocycles. The van der Waals surface area contributed by atoms with Crippen molar-refractivity contribution in [3.8, 4) is 5.75 Å². The Balaban J connectivity index is 1.26. The first-order valence-corrected chi connectivity index (χ1v) is 10.9. The Morgan fingerprint density at radius 2 is 2.10 bits per heavy atom. The molecule has 0 radical (unpaired) electrons. The molecule has 6 nitrogen and oxygen atoms in total. The summed E-state index contributed by atoms with van der Waals surface area (Å²) < 4.78 is 11.2. The minimum Gasteiger partial charge on any atom is -0.487 e. The molecule has 3 aromatic rings. The molecule has 0 atom stereocenters. The summed E-state index contributed by atoms with van der Waals surface area (Å²) >= 11 is 1.62. The predicted octanol–water partition coefficient (Wildman–Crippen LogP) is 3.98. The Morgan fingerprint density at radius 1 is 1.23 bits per heavy atom. The number of ether oxygens (including phenoxy) is 1. The van der Waals surface area contributed by atoms with Crippen LogP contribution in [0.5, 0.6) is 5.75 Å². The van der Waals surface area contributed by atoms with Crippen LogP contribution < -0.4 is 4.74 Å². The molecule has 156 valence electrons. The minimum absolute atomic E-state index is 0.0388. The smallest absolute Gasteiger partial charge is 0.246 e. The Bertz CT molecular complexity index is 989. The molecule has 1 aliphatic rings. The molecule has 1 amide bonds. The van der Waals surface area contributed by atoms with Crippen molar-refractivity contribution in [2.45, 2.75) is 20.1 Å². The second-order valence-corrected chi connectivity index (χ2v) is 8.30. The van der Waals surface area contributed by atoms with E-state index in [9.17, 15) is 4.79 Å². The molecule has 4 rings (SSSR count). The van der Waals surface area contributed by atoms with Crippen LogP contribution in [-0.4, -0.2) is 46.9 Å². The van der Waals surface area contributed by atoms with Crippen LogP contribution in [0.4, 0.5) is 0 Å². The standard InChI is InChI=1S/C23H25N3O3S/c1-18-24-20(17-30-18)16-29-21-5-2-4-19(14-21)7-8-23(27)26-11-9-25(10-12-26)15-22-6-3-13-28-22/h2-8,13-14,17H,9-12,15-16H2,1H3/b8-7+. The molecule has 0 bridgehead atoms. The lowest BCUT2D eigenvalue weighted by Gasteiger charge is -2.33. The van der Waals surface area contributed by atoms with E-state index < -0.39 is 0 Å². The van der Waals surface area contributed by atoms with Crippen LogP contribution in [0.1, 0.15) is 22.0 Å². The molecular weight excluding hydrogens is 398 g/mol. The van der Waals surface area contributed by atoms with Crippen molar-refractivity contribution >= 4 is 23.3 Å². The van der Waals surface area contributed by atoms with Crippen molar-refractivity contribution in [1.82, 2.24) is 14.8 Å². The van der Waals surface area contributed by atoms with E-state index >= 15 is 0 Å². The number of aromatic nitrogens is 1. The first-order chi connectivity index (χ1) is 14.7. The van der Waals surface area contributed by atoms with Crippen molar-refractivity contribution in [3.63, 3.8) is 0 Å². The average molecular weight is 424 g/mol. The van der Waals surface area contributed by atoms with Gasteiger partial charge in [0.2, 0.25) is 5.91 Å². The topological polar surface area (TPSA) is 58.8 Å². The summed E-state index contributed by atoms with van der Waals surface area (Å²) in [5.41, 5.74) is 1.87. The minimum atomic E-state index is 0.0388. The first-order valence-electron chi connectivity index (χ1n) is 10.0. The Morgan fingerprint density at radius 3 is 2.83 bits per heavy atom. The molecule has 1 fully saturated rings. The van der Waals surface area contributed by atoms with E-state index in [1.54, 1.807) is 23.7 Å². The van der Waals surface area contributed by atoms with Gasteiger partial charge >= 0.3 is 0 Å². The van der Waals surface area contributed by atoms with Crippen molar-refractivity contribution in [2.24, 2.45) is 0 Å². The van der Waals surface area contributed by atoms with Gasteiger partial charge in [0.1, 0.15) is 18.1 Å². The van der Waals surface area contributed by atoms with Gasteiger partial charge in [0.05, 0.1) is 23.5 Å². The van der Waals surface area contributed by atoms with E-state index in [1.807, 2.05) is 59.7 Å². The number of rotatable bonds is 7. The fourth-order valence-electron chi connectivity index (χ4n) is 3.36. The Kier molecular flexibility index (Phi) is 6.61. The number of carbonyl (C=O) groups is 1. The molecule has 1 aromatic carbocycles. The molecule has 2 aromatic heterocycles. The van der Waals surface area contributed by atoms with Crippen LogP contribution in [0.15, 0.2) is 58.5 Å². The lowest BCUT2D eigenvalue weighted by molar-refractivity contribution is -0.127. The van der Waals surface area contributed by atoms with Crippen LogP contribution in [0.2, 0.25) is 0 Å². The zero-order valence-corrected chi connectivity index (χ0v) is 17.8. The zero-order chi connectivity index (χ0) is 20.8. The fraction of sp³-hybridized carbons (Fsp3) is 0.304. The highest BCUT2D eigenvalue weighted by atomic mass is 32.1. The van der Waals surface area contributed by atoms with Gasteiger partial charge in [0, 0.05) is 37.6 Å². The normalized spacial score (nSPS) is 15.0. The molecule has 7 heteroatoms. The molecule has 0 N–H and O–H groups in total.